The molecule has 0 unspecified atom stereocenters. The summed E-state index contributed by atoms with van der Waals surface area (Å²) in [6, 6.07) is 31.3. The molecule has 0 saturated heterocycles. The molecule has 0 aliphatic rings. The standard InChI is InChI=1S/C37H37N3O/c1-23(2)25-17-18-31-29(21-25)30-22-28(24(3)4)35(39-36(30)40(31)32-14-7-8-15-33(32)41)26-12-11-13-27(20-26)37(5,6)34-16-9-10-19-38-34/h7-24,41H,1-6H3. The topological polar surface area (TPSA) is 50.9 Å². The first-order valence-electron chi connectivity index (χ1n) is 14.5. The van der Waals surface area contributed by atoms with Crippen LogP contribution in [-0.2, 0) is 5.41 Å². The molecule has 0 aliphatic carbocycles. The van der Waals surface area contributed by atoms with E-state index >= 15 is 0 Å². The van der Waals surface area contributed by atoms with Gasteiger partial charge >= 0.3 is 0 Å². The summed E-state index contributed by atoms with van der Waals surface area (Å²) in [5, 5.41) is 13.2. The SMILES string of the molecule is CC(C)c1ccc2c(c1)c1cc(C(C)C)c(-c3cccc(C(C)(C)c4ccccn4)c3)nc1n2-c1ccccc1O. The largest absolute Gasteiger partial charge is 0.506 e. The van der Waals surface area contributed by atoms with Crippen molar-refractivity contribution in [3.63, 3.8) is 0 Å². The quantitative estimate of drug-likeness (QED) is 0.229. The lowest BCUT2D eigenvalue weighted by molar-refractivity contribution is 0.473. The fourth-order valence-electron chi connectivity index (χ4n) is 5.83. The molecule has 41 heavy (non-hydrogen) atoms. The smallest absolute Gasteiger partial charge is 0.146 e. The van der Waals surface area contributed by atoms with Gasteiger partial charge in [0.2, 0.25) is 0 Å². The van der Waals surface area contributed by atoms with E-state index in [1.807, 2.05) is 36.5 Å². The van der Waals surface area contributed by atoms with Crippen LogP contribution in [0.5, 0.6) is 5.75 Å². The molecule has 0 spiro atoms. The van der Waals surface area contributed by atoms with Crippen LogP contribution in [0.2, 0.25) is 0 Å². The summed E-state index contributed by atoms with van der Waals surface area (Å²) < 4.78 is 2.11. The number of para-hydroxylation sites is 2. The van der Waals surface area contributed by atoms with E-state index in [4.69, 9.17) is 4.98 Å². The summed E-state index contributed by atoms with van der Waals surface area (Å²) in [5.41, 5.74) is 9.10. The lowest BCUT2D eigenvalue weighted by atomic mass is 9.80. The van der Waals surface area contributed by atoms with E-state index in [2.05, 4.69) is 106 Å². The number of pyridine rings is 2. The number of hydrogen-bond acceptors (Lipinski definition) is 3. The maximum absolute atomic E-state index is 11.0. The monoisotopic (exact) mass is 539 g/mol. The number of benzene rings is 3. The molecule has 4 heteroatoms. The Bertz CT molecular complexity index is 1880. The van der Waals surface area contributed by atoms with Gasteiger partial charge in [-0.2, -0.15) is 0 Å². The molecular weight excluding hydrogens is 502 g/mol. The van der Waals surface area contributed by atoms with Crippen LogP contribution in [0.15, 0.2) is 97.2 Å². The van der Waals surface area contributed by atoms with Crippen LogP contribution < -0.4 is 0 Å². The van der Waals surface area contributed by atoms with Crippen molar-refractivity contribution in [2.24, 2.45) is 0 Å². The van der Waals surface area contributed by atoms with Gasteiger partial charge in [-0.1, -0.05) is 84.0 Å². The lowest BCUT2D eigenvalue weighted by Gasteiger charge is -2.25. The number of phenolic OH excluding ortho intramolecular Hbond substituents is 1. The van der Waals surface area contributed by atoms with Crippen molar-refractivity contribution >= 4 is 21.9 Å². The van der Waals surface area contributed by atoms with E-state index in [9.17, 15) is 5.11 Å². The first-order chi connectivity index (χ1) is 19.7. The Balaban J connectivity index is 1.65. The molecule has 6 aromatic rings. The summed E-state index contributed by atoms with van der Waals surface area (Å²) in [4.78, 5) is 10.1. The van der Waals surface area contributed by atoms with Crippen LogP contribution in [0, 0.1) is 0 Å². The number of aromatic hydroxyl groups is 1. The Labute approximate surface area is 242 Å². The summed E-state index contributed by atoms with van der Waals surface area (Å²) in [6.07, 6.45) is 1.86. The van der Waals surface area contributed by atoms with Gasteiger partial charge in [-0.05, 0) is 77.1 Å². The van der Waals surface area contributed by atoms with Gasteiger partial charge in [-0.15, -0.1) is 0 Å². The average molecular weight is 540 g/mol. The third-order valence-electron chi connectivity index (χ3n) is 8.37. The van der Waals surface area contributed by atoms with E-state index < -0.39 is 0 Å². The maximum Gasteiger partial charge on any atom is 0.146 e. The molecular formula is C37H37N3O. The van der Waals surface area contributed by atoms with Crippen molar-refractivity contribution in [3.05, 3.63) is 120 Å². The minimum absolute atomic E-state index is 0.231. The zero-order valence-corrected chi connectivity index (χ0v) is 24.7. The Kier molecular flexibility index (Phi) is 6.65. The van der Waals surface area contributed by atoms with Crippen LogP contribution in [0.4, 0.5) is 0 Å². The molecule has 0 radical (unpaired) electrons. The van der Waals surface area contributed by atoms with E-state index in [1.54, 1.807) is 6.07 Å². The van der Waals surface area contributed by atoms with Crippen LogP contribution in [0.1, 0.15) is 75.8 Å². The number of rotatable bonds is 6. The van der Waals surface area contributed by atoms with Crippen molar-refractivity contribution in [1.29, 1.82) is 0 Å². The van der Waals surface area contributed by atoms with Gasteiger partial charge < -0.3 is 5.11 Å². The van der Waals surface area contributed by atoms with Crippen molar-refractivity contribution in [3.8, 4) is 22.7 Å². The first kappa shape index (κ1) is 26.8. The zero-order chi connectivity index (χ0) is 28.9. The second-order valence-corrected chi connectivity index (χ2v) is 12.1. The second kappa shape index (κ2) is 10.2. The second-order valence-electron chi connectivity index (χ2n) is 12.1. The molecule has 206 valence electrons. The highest BCUT2D eigenvalue weighted by atomic mass is 16.3. The highest BCUT2D eigenvalue weighted by Gasteiger charge is 2.26. The minimum Gasteiger partial charge on any atom is -0.506 e. The maximum atomic E-state index is 11.0. The van der Waals surface area contributed by atoms with Crippen LogP contribution in [-0.4, -0.2) is 19.6 Å². The van der Waals surface area contributed by atoms with Crippen LogP contribution >= 0.6 is 0 Å². The van der Waals surface area contributed by atoms with E-state index in [0.29, 0.717) is 5.92 Å². The first-order valence-corrected chi connectivity index (χ1v) is 14.5. The molecule has 0 saturated carbocycles. The van der Waals surface area contributed by atoms with Gasteiger partial charge in [0, 0.05) is 27.9 Å². The predicted octanol–water partition coefficient (Wildman–Crippen LogP) is 9.52. The summed E-state index contributed by atoms with van der Waals surface area (Å²) in [5.74, 6) is 0.908. The number of hydrogen-bond donors (Lipinski definition) is 1. The zero-order valence-electron chi connectivity index (χ0n) is 24.7. The van der Waals surface area contributed by atoms with Crippen LogP contribution in [0.3, 0.4) is 0 Å². The van der Waals surface area contributed by atoms with Gasteiger partial charge in [0.05, 0.1) is 22.6 Å². The Morgan fingerprint density at radius 1 is 0.756 bits per heavy atom. The lowest BCUT2D eigenvalue weighted by Crippen LogP contribution is -2.20. The normalized spacial score (nSPS) is 12.2. The van der Waals surface area contributed by atoms with Gasteiger partial charge in [0.1, 0.15) is 11.4 Å². The number of aromatic nitrogens is 3. The van der Waals surface area contributed by atoms with Crippen molar-refractivity contribution in [1.82, 2.24) is 14.5 Å². The molecule has 6 rings (SSSR count). The van der Waals surface area contributed by atoms with Gasteiger partial charge in [0.25, 0.3) is 0 Å². The fraction of sp³-hybridized carbons (Fsp3) is 0.243. The van der Waals surface area contributed by atoms with E-state index in [-0.39, 0.29) is 17.1 Å². The molecule has 4 nitrogen and oxygen atoms in total. The molecule has 3 heterocycles. The Morgan fingerprint density at radius 3 is 2.24 bits per heavy atom. The number of fused-ring (bicyclic) bond motifs is 3. The predicted molar refractivity (Wildman–Crippen MR) is 170 cm³/mol. The van der Waals surface area contributed by atoms with Gasteiger partial charge in [0.15, 0.2) is 0 Å². The van der Waals surface area contributed by atoms with E-state index in [1.165, 1.54) is 16.7 Å². The molecule has 1 N–H and O–H groups in total. The van der Waals surface area contributed by atoms with Crippen molar-refractivity contribution in [2.75, 3.05) is 0 Å². The highest BCUT2D eigenvalue weighted by molar-refractivity contribution is 6.09. The van der Waals surface area contributed by atoms with Crippen molar-refractivity contribution < 1.29 is 5.11 Å². The van der Waals surface area contributed by atoms with Gasteiger partial charge in [-0.25, -0.2) is 4.98 Å². The Morgan fingerprint density at radius 2 is 1.54 bits per heavy atom. The third-order valence-corrected chi connectivity index (χ3v) is 8.37. The highest BCUT2D eigenvalue weighted by Crippen LogP contribution is 2.40. The molecule has 3 aromatic carbocycles. The molecule has 0 fully saturated rings. The van der Waals surface area contributed by atoms with E-state index in [0.717, 1.165) is 44.6 Å². The molecule has 0 bridgehead atoms. The average Bonchev–Trinajstić information content (AvgIpc) is 3.29. The molecule has 0 amide bonds. The number of nitrogens with zero attached hydrogens (tertiary/aromatic N) is 3. The van der Waals surface area contributed by atoms with Gasteiger partial charge in [-0.3, -0.25) is 9.55 Å². The Hall–Kier alpha value is -4.44. The van der Waals surface area contributed by atoms with Crippen LogP contribution in [0.25, 0.3) is 38.9 Å². The molecule has 0 aliphatic heterocycles. The fourth-order valence-corrected chi connectivity index (χ4v) is 5.83. The molecule has 3 aromatic heterocycles. The van der Waals surface area contributed by atoms with Crippen molar-refractivity contribution in [2.45, 2.75) is 58.8 Å². The summed E-state index contributed by atoms with van der Waals surface area (Å²) >= 11 is 0. The minimum atomic E-state index is -0.267. The summed E-state index contributed by atoms with van der Waals surface area (Å²) in [6.45, 7) is 13.3. The molecule has 0 atom stereocenters. The number of phenols is 1. The summed E-state index contributed by atoms with van der Waals surface area (Å²) in [7, 11) is 0. The third kappa shape index (κ3) is 4.58.